The highest BCUT2D eigenvalue weighted by Crippen LogP contribution is 2.32. The zero-order valence-electron chi connectivity index (χ0n) is 17.0. The normalized spacial score (nSPS) is 14.2. The summed E-state index contributed by atoms with van der Waals surface area (Å²) in [5, 5.41) is 2.92. The van der Waals surface area contributed by atoms with Gasteiger partial charge in [0.15, 0.2) is 11.5 Å². The van der Waals surface area contributed by atoms with Gasteiger partial charge in [0.1, 0.15) is 13.2 Å². The van der Waals surface area contributed by atoms with Gasteiger partial charge in [0.05, 0.1) is 16.6 Å². The molecule has 1 unspecified atom stereocenters. The van der Waals surface area contributed by atoms with Crippen molar-refractivity contribution in [2.24, 2.45) is 0 Å². The first-order chi connectivity index (χ1) is 14.5. The van der Waals surface area contributed by atoms with Crippen LogP contribution >= 0.6 is 0 Å². The van der Waals surface area contributed by atoms with Gasteiger partial charge in [0.2, 0.25) is 15.9 Å². The molecule has 9 heteroatoms. The van der Waals surface area contributed by atoms with Crippen molar-refractivity contribution in [1.82, 2.24) is 15.0 Å². The van der Waals surface area contributed by atoms with Crippen LogP contribution in [0.5, 0.6) is 11.5 Å². The van der Waals surface area contributed by atoms with E-state index in [-0.39, 0.29) is 16.8 Å². The second-order valence-electron chi connectivity index (χ2n) is 7.06. The van der Waals surface area contributed by atoms with E-state index in [4.69, 9.17) is 9.47 Å². The first-order valence-electron chi connectivity index (χ1n) is 10.1. The standard InChI is InChI=1S/C21H27N3O5S/c1-16(18-7-4-6-11-22-18)24-21(25)8-3-2-5-12-23-30(26,27)17-9-10-19-20(15-17)29-14-13-28-19/h4,6-7,9-11,15-16,23H,2-3,5,8,12-14H2,1H3,(H,24,25). The van der Waals surface area contributed by atoms with Gasteiger partial charge >= 0.3 is 0 Å². The van der Waals surface area contributed by atoms with Crippen LogP contribution in [0.2, 0.25) is 0 Å². The lowest BCUT2D eigenvalue weighted by atomic mass is 10.1. The summed E-state index contributed by atoms with van der Waals surface area (Å²) in [4.78, 5) is 16.4. The van der Waals surface area contributed by atoms with Crippen LogP contribution in [-0.4, -0.2) is 39.1 Å². The highest BCUT2D eigenvalue weighted by atomic mass is 32.2. The van der Waals surface area contributed by atoms with Crippen LogP contribution in [0, 0.1) is 0 Å². The third-order valence-corrected chi connectivity index (χ3v) is 6.16. The van der Waals surface area contributed by atoms with Crippen LogP contribution in [0.25, 0.3) is 0 Å². The fourth-order valence-corrected chi connectivity index (χ4v) is 4.18. The molecule has 1 amide bonds. The van der Waals surface area contributed by atoms with Gasteiger partial charge < -0.3 is 14.8 Å². The number of unbranched alkanes of at least 4 members (excludes halogenated alkanes) is 2. The van der Waals surface area contributed by atoms with Gasteiger partial charge in [0, 0.05) is 25.2 Å². The van der Waals surface area contributed by atoms with Gasteiger partial charge in [0.25, 0.3) is 0 Å². The molecule has 3 rings (SSSR count). The molecule has 0 saturated carbocycles. The average Bonchev–Trinajstić information content (AvgIpc) is 2.76. The Kier molecular flexibility index (Phi) is 7.64. The predicted molar refractivity (Wildman–Crippen MR) is 112 cm³/mol. The molecule has 8 nitrogen and oxygen atoms in total. The molecule has 1 atom stereocenters. The number of carbonyl (C=O) groups excluding carboxylic acids is 1. The van der Waals surface area contributed by atoms with Crippen molar-refractivity contribution < 1.29 is 22.7 Å². The van der Waals surface area contributed by atoms with Crippen molar-refractivity contribution >= 4 is 15.9 Å². The molecule has 2 heterocycles. The van der Waals surface area contributed by atoms with Crippen LogP contribution in [0.3, 0.4) is 0 Å². The zero-order valence-corrected chi connectivity index (χ0v) is 17.8. The van der Waals surface area contributed by atoms with Gasteiger partial charge in [-0.2, -0.15) is 0 Å². The van der Waals surface area contributed by atoms with Crippen molar-refractivity contribution in [2.75, 3.05) is 19.8 Å². The number of carbonyl (C=O) groups is 1. The van der Waals surface area contributed by atoms with E-state index in [1.54, 1.807) is 12.3 Å². The van der Waals surface area contributed by atoms with Gasteiger partial charge in [-0.25, -0.2) is 13.1 Å². The van der Waals surface area contributed by atoms with Crippen LogP contribution in [0.4, 0.5) is 0 Å². The molecule has 162 valence electrons. The maximum Gasteiger partial charge on any atom is 0.240 e. The van der Waals surface area contributed by atoms with E-state index < -0.39 is 10.0 Å². The molecular weight excluding hydrogens is 406 g/mol. The van der Waals surface area contributed by atoms with Crippen molar-refractivity contribution in [3.8, 4) is 11.5 Å². The van der Waals surface area contributed by atoms with E-state index >= 15 is 0 Å². The lowest BCUT2D eigenvalue weighted by Gasteiger charge is -2.18. The topological polar surface area (TPSA) is 107 Å². The molecule has 1 aromatic carbocycles. The summed E-state index contributed by atoms with van der Waals surface area (Å²) in [6.07, 6.45) is 4.17. The van der Waals surface area contributed by atoms with Crippen LogP contribution < -0.4 is 19.5 Å². The minimum absolute atomic E-state index is 0.0370. The number of amides is 1. The second kappa shape index (κ2) is 10.4. The van der Waals surface area contributed by atoms with Crippen molar-refractivity contribution in [3.63, 3.8) is 0 Å². The number of nitrogens with zero attached hydrogens (tertiary/aromatic N) is 1. The molecule has 0 spiro atoms. The number of rotatable bonds is 10. The number of hydrogen-bond acceptors (Lipinski definition) is 6. The molecule has 0 saturated heterocycles. The average molecular weight is 434 g/mol. The Morgan fingerprint density at radius 3 is 2.67 bits per heavy atom. The number of benzene rings is 1. The van der Waals surface area contributed by atoms with Crippen molar-refractivity contribution in [3.05, 3.63) is 48.3 Å². The Morgan fingerprint density at radius 1 is 1.10 bits per heavy atom. The van der Waals surface area contributed by atoms with E-state index in [1.165, 1.54) is 12.1 Å². The summed E-state index contributed by atoms with van der Waals surface area (Å²) in [5.74, 6) is 0.955. The summed E-state index contributed by atoms with van der Waals surface area (Å²) in [5.41, 5.74) is 0.819. The molecule has 0 radical (unpaired) electrons. The Labute approximate surface area is 177 Å². The SMILES string of the molecule is CC(NC(=O)CCCCCNS(=O)(=O)c1ccc2c(c1)OCCO2)c1ccccn1. The molecule has 0 aliphatic carbocycles. The maximum atomic E-state index is 12.4. The number of sulfonamides is 1. The maximum absolute atomic E-state index is 12.4. The first kappa shape index (κ1) is 22.0. The van der Waals surface area contributed by atoms with E-state index in [0.717, 1.165) is 12.1 Å². The number of hydrogen-bond donors (Lipinski definition) is 2. The van der Waals surface area contributed by atoms with E-state index in [2.05, 4.69) is 15.0 Å². The van der Waals surface area contributed by atoms with Gasteiger partial charge in [-0.3, -0.25) is 9.78 Å². The van der Waals surface area contributed by atoms with E-state index in [9.17, 15) is 13.2 Å². The third-order valence-electron chi connectivity index (χ3n) is 4.71. The Bertz CT molecular complexity index is 950. The minimum Gasteiger partial charge on any atom is -0.486 e. The molecule has 1 aliphatic heterocycles. The third kappa shape index (κ3) is 6.17. The highest BCUT2D eigenvalue weighted by Gasteiger charge is 2.19. The fraction of sp³-hybridized carbons (Fsp3) is 0.429. The van der Waals surface area contributed by atoms with Crippen molar-refractivity contribution in [2.45, 2.75) is 43.5 Å². The number of fused-ring (bicyclic) bond motifs is 1. The molecule has 2 N–H and O–H groups in total. The Morgan fingerprint density at radius 2 is 1.90 bits per heavy atom. The molecule has 1 aliphatic rings. The Balaban J connectivity index is 1.35. The van der Waals surface area contributed by atoms with E-state index in [1.807, 2.05) is 25.1 Å². The van der Waals surface area contributed by atoms with E-state index in [0.29, 0.717) is 50.5 Å². The summed E-state index contributed by atoms with van der Waals surface area (Å²) in [7, 11) is -3.62. The van der Waals surface area contributed by atoms with Crippen LogP contribution in [0.1, 0.15) is 44.3 Å². The van der Waals surface area contributed by atoms with Crippen molar-refractivity contribution in [1.29, 1.82) is 0 Å². The number of pyridine rings is 1. The highest BCUT2D eigenvalue weighted by molar-refractivity contribution is 7.89. The number of ether oxygens (including phenoxy) is 2. The minimum atomic E-state index is -3.62. The second-order valence-corrected chi connectivity index (χ2v) is 8.82. The van der Waals surface area contributed by atoms with Gasteiger partial charge in [-0.05, 0) is 44.0 Å². The van der Waals surface area contributed by atoms with Gasteiger partial charge in [-0.1, -0.05) is 12.5 Å². The first-order valence-corrected chi connectivity index (χ1v) is 11.5. The zero-order chi connectivity index (χ0) is 21.4. The molecule has 2 aromatic rings. The van der Waals surface area contributed by atoms with Gasteiger partial charge in [-0.15, -0.1) is 0 Å². The summed E-state index contributed by atoms with van der Waals surface area (Å²) in [6.45, 7) is 3.06. The predicted octanol–water partition coefficient (Wildman–Crippen LogP) is 2.57. The molecule has 0 bridgehead atoms. The largest absolute Gasteiger partial charge is 0.486 e. The van der Waals surface area contributed by atoms with Crippen LogP contribution in [0.15, 0.2) is 47.5 Å². The molecular formula is C21H27N3O5S. The molecule has 1 aromatic heterocycles. The van der Waals surface area contributed by atoms with Crippen LogP contribution in [-0.2, 0) is 14.8 Å². The molecule has 30 heavy (non-hydrogen) atoms. The number of aromatic nitrogens is 1. The smallest absolute Gasteiger partial charge is 0.240 e. The number of nitrogens with one attached hydrogen (secondary N) is 2. The Hall–Kier alpha value is -2.65. The summed E-state index contributed by atoms with van der Waals surface area (Å²) in [6, 6.07) is 10.0. The molecule has 0 fully saturated rings. The lowest BCUT2D eigenvalue weighted by Crippen LogP contribution is -2.27. The lowest BCUT2D eigenvalue weighted by molar-refractivity contribution is -0.121. The summed E-state index contributed by atoms with van der Waals surface area (Å²) < 4.78 is 38.3. The quantitative estimate of drug-likeness (QED) is 0.558. The monoisotopic (exact) mass is 433 g/mol. The summed E-state index contributed by atoms with van der Waals surface area (Å²) >= 11 is 0. The fourth-order valence-electron chi connectivity index (χ4n) is 3.09.